The third-order valence-corrected chi connectivity index (χ3v) is 4.75. The van der Waals surface area contributed by atoms with Gasteiger partial charge in [0.2, 0.25) is 11.8 Å². The normalized spacial score (nSPS) is 15.8. The molecule has 1 aliphatic rings. The van der Waals surface area contributed by atoms with Gasteiger partial charge in [0.25, 0.3) is 0 Å². The first-order valence-electron chi connectivity index (χ1n) is 6.98. The monoisotopic (exact) mass is 326 g/mol. The van der Waals surface area contributed by atoms with Crippen molar-refractivity contribution in [2.75, 3.05) is 18.8 Å². The van der Waals surface area contributed by atoms with E-state index in [4.69, 9.17) is 11.6 Å². The van der Waals surface area contributed by atoms with E-state index in [0.29, 0.717) is 10.8 Å². The molecule has 1 heterocycles. The molecule has 21 heavy (non-hydrogen) atoms. The van der Waals surface area contributed by atoms with Crippen LogP contribution in [0.1, 0.15) is 19.8 Å². The Morgan fingerprint density at radius 3 is 2.48 bits per heavy atom. The maximum absolute atomic E-state index is 11.9. The number of thioether (sulfide) groups is 1. The number of nitrogens with zero attached hydrogens (tertiary/aromatic N) is 1. The van der Waals surface area contributed by atoms with Gasteiger partial charge in [0.05, 0.1) is 5.75 Å². The second-order valence-corrected chi connectivity index (χ2v) is 6.58. The van der Waals surface area contributed by atoms with Crippen molar-refractivity contribution in [1.82, 2.24) is 10.2 Å². The number of piperidine rings is 1. The molecule has 6 heteroatoms. The van der Waals surface area contributed by atoms with Gasteiger partial charge in [-0.1, -0.05) is 11.6 Å². The summed E-state index contributed by atoms with van der Waals surface area (Å²) in [4.78, 5) is 26.0. The number of hydrogen-bond acceptors (Lipinski definition) is 3. The number of amides is 2. The highest BCUT2D eigenvalue weighted by molar-refractivity contribution is 8.00. The first kappa shape index (κ1) is 16.2. The van der Waals surface area contributed by atoms with Gasteiger partial charge in [-0.15, -0.1) is 11.8 Å². The predicted octanol–water partition coefficient (Wildman–Crippen LogP) is 2.56. The summed E-state index contributed by atoms with van der Waals surface area (Å²) in [5.41, 5.74) is 0. The van der Waals surface area contributed by atoms with Crippen molar-refractivity contribution in [3.63, 3.8) is 0 Å². The van der Waals surface area contributed by atoms with Crippen LogP contribution in [0.15, 0.2) is 29.2 Å². The summed E-state index contributed by atoms with van der Waals surface area (Å²) in [6.07, 6.45) is 1.66. The molecule has 1 fully saturated rings. The molecule has 0 unspecified atom stereocenters. The Labute approximate surface area is 134 Å². The lowest BCUT2D eigenvalue weighted by Gasteiger charge is -2.31. The van der Waals surface area contributed by atoms with E-state index in [-0.39, 0.29) is 17.9 Å². The first-order valence-corrected chi connectivity index (χ1v) is 8.34. The number of rotatable bonds is 4. The van der Waals surface area contributed by atoms with Gasteiger partial charge in [-0.25, -0.2) is 0 Å². The van der Waals surface area contributed by atoms with Gasteiger partial charge in [0.1, 0.15) is 0 Å². The largest absolute Gasteiger partial charge is 0.353 e. The second-order valence-electron chi connectivity index (χ2n) is 5.09. The van der Waals surface area contributed by atoms with Crippen LogP contribution in [0, 0.1) is 0 Å². The molecule has 0 radical (unpaired) electrons. The van der Waals surface area contributed by atoms with E-state index in [1.807, 2.05) is 29.2 Å². The minimum Gasteiger partial charge on any atom is -0.353 e. The number of likely N-dealkylation sites (tertiary alicyclic amines) is 1. The van der Waals surface area contributed by atoms with Gasteiger partial charge >= 0.3 is 0 Å². The zero-order valence-electron chi connectivity index (χ0n) is 12.0. The van der Waals surface area contributed by atoms with Crippen molar-refractivity contribution in [2.24, 2.45) is 0 Å². The molecule has 1 aliphatic heterocycles. The number of halogens is 1. The average Bonchev–Trinajstić information content (AvgIpc) is 2.47. The Hall–Kier alpha value is -1.20. The minimum atomic E-state index is 0.0382. The number of benzene rings is 1. The van der Waals surface area contributed by atoms with E-state index in [2.05, 4.69) is 5.32 Å². The van der Waals surface area contributed by atoms with Crippen molar-refractivity contribution >= 4 is 35.2 Å². The third-order valence-electron chi connectivity index (χ3n) is 3.49. The Morgan fingerprint density at radius 1 is 1.29 bits per heavy atom. The summed E-state index contributed by atoms with van der Waals surface area (Å²) >= 11 is 7.32. The van der Waals surface area contributed by atoms with E-state index in [1.165, 1.54) is 11.8 Å². The fraction of sp³-hybridized carbons (Fsp3) is 0.467. The molecule has 0 saturated carbocycles. The fourth-order valence-electron chi connectivity index (χ4n) is 2.29. The van der Waals surface area contributed by atoms with Crippen molar-refractivity contribution in [1.29, 1.82) is 0 Å². The molecule has 0 aromatic heterocycles. The van der Waals surface area contributed by atoms with Gasteiger partial charge in [-0.3, -0.25) is 9.59 Å². The van der Waals surface area contributed by atoms with Gasteiger partial charge in [-0.05, 0) is 37.1 Å². The molecule has 1 aromatic carbocycles. The summed E-state index contributed by atoms with van der Waals surface area (Å²) in [5.74, 6) is 0.545. The molecule has 1 N–H and O–H groups in total. The molecule has 0 aliphatic carbocycles. The Morgan fingerprint density at radius 2 is 1.90 bits per heavy atom. The van der Waals surface area contributed by atoms with E-state index >= 15 is 0 Å². The number of hydrogen-bond donors (Lipinski definition) is 1. The highest BCUT2D eigenvalue weighted by Crippen LogP contribution is 2.20. The first-order chi connectivity index (χ1) is 10.0. The van der Waals surface area contributed by atoms with E-state index in [9.17, 15) is 9.59 Å². The number of nitrogens with one attached hydrogen (secondary N) is 1. The van der Waals surface area contributed by atoms with Gasteiger partial charge in [-0.2, -0.15) is 0 Å². The Bertz CT molecular complexity index is 499. The lowest BCUT2D eigenvalue weighted by atomic mass is 10.1. The number of carbonyl (C=O) groups excluding carboxylic acids is 2. The molecule has 4 nitrogen and oxygen atoms in total. The summed E-state index contributed by atoms with van der Waals surface area (Å²) < 4.78 is 0. The smallest absolute Gasteiger partial charge is 0.230 e. The van der Waals surface area contributed by atoms with Crippen molar-refractivity contribution in [2.45, 2.75) is 30.7 Å². The van der Waals surface area contributed by atoms with Crippen LogP contribution >= 0.6 is 23.4 Å². The highest BCUT2D eigenvalue weighted by Gasteiger charge is 2.21. The Balaban J connectivity index is 1.70. The summed E-state index contributed by atoms with van der Waals surface area (Å²) in [7, 11) is 0. The van der Waals surface area contributed by atoms with Crippen LogP contribution in [0.3, 0.4) is 0 Å². The van der Waals surface area contributed by atoms with Crippen LogP contribution in [-0.2, 0) is 9.59 Å². The van der Waals surface area contributed by atoms with Crippen molar-refractivity contribution in [3.8, 4) is 0 Å². The molecule has 0 bridgehead atoms. The molecule has 2 rings (SSSR count). The molecule has 0 spiro atoms. The summed E-state index contributed by atoms with van der Waals surface area (Å²) in [6, 6.07) is 7.63. The summed E-state index contributed by atoms with van der Waals surface area (Å²) in [6.45, 7) is 3.04. The molecule has 114 valence electrons. The number of carbonyl (C=O) groups is 2. The maximum atomic E-state index is 11.9. The lowest BCUT2D eigenvalue weighted by molar-refractivity contribution is -0.130. The standard InChI is InChI=1S/C15H19ClN2O2S/c1-11(19)18-8-6-13(7-9-18)17-15(20)10-21-14-4-2-12(16)3-5-14/h2-5,13H,6-10H2,1H3,(H,17,20). The molecule has 2 amide bonds. The molecular weight excluding hydrogens is 308 g/mol. The predicted molar refractivity (Wildman–Crippen MR) is 85.6 cm³/mol. The summed E-state index contributed by atoms with van der Waals surface area (Å²) in [5, 5.41) is 3.73. The molecule has 0 atom stereocenters. The lowest BCUT2D eigenvalue weighted by Crippen LogP contribution is -2.46. The third kappa shape index (κ3) is 5.25. The molecular formula is C15H19ClN2O2S. The fourth-order valence-corrected chi connectivity index (χ4v) is 3.12. The molecule has 1 saturated heterocycles. The van der Waals surface area contributed by atoms with Crippen LogP contribution in [0.5, 0.6) is 0 Å². The van der Waals surface area contributed by atoms with E-state index < -0.39 is 0 Å². The van der Waals surface area contributed by atoms with Crippen LogP contribution < -0.4 is 5.32 Å². The van der Waals surface area contributed by atoms with Crippen molar-refractivity contribution < 1.29 is 9.59 Å². The molecule has 1 aromatic rings. The SMILES string of the molecule is CC(=O)N1CCC(NC(=O)CSc2ccc(Cl)cc2)CC1. The zero-order valence-corrected chi connectivity index (χ0v) is 13.5. The van der Waals surface area contributed by atoms with Crippen LogP contribution in [0.2, 0.25) is 5.02 Å². The zero-order chi connectivity index (χ0) is 15.2. The van der Waals surface area contributed by atoms with Crippen molar-refractivity contribution in [3.05, 3.63) is 29.3 Å². The van der Waals surface area contributed by atoms with E-state index in [0.717, 1.165) is 30.8 Å². The van der Waals surface area contributed by atoms with E-state index in [1.54, 1.807) is 6.92 Å². The Kier molecular flexibility index (Phi) is 5.94. The highest BCUT2D eigenvalue weighted by atomic mass is 35.5. The van der Waals surface area contributed by atoms with Crippen LogP contribution in [0.4, 0.5) is 0 Å². The van der Waals surface area contributed by atoms with Gasteiger partial charge in [0.15, 0.2) is 0 Å². The van der Waals surface area contributed by atoms with Crippen LogP contribution in [-0.4, -0.2) is 41.6 Å². The quantitative estimate of drug-likeness (QED) is 0.865. The maximum Gasteiger partial charge on any atom is 0.230 e. The van der Waals surface area contributed by atoms with Gasteiger partial charge < -0.3 is 10.2 Å². The topological polar surface area (TPSA) is 49.4 Å². The second kappa shape index (κ2) is 7.71. The average molecular weight is 327 g/mol. The minimum absolute atomic E-state index is 0.0382. The van der Waals surface area contributed by atoms with Crippen LogP contribution in [0.25, 0.3) is 0 Å². The van der Waals surface area contributed by atoms with Gasteiger partial charge in [0, 0.05) is 36.0 Å².